The summed E-state index contributed by atoms with van der Waals surface area (Å²) < 4.78 is 13.9. The third kappa shape index (κ3) is 5.32. The first kappa shape index (κ1) is 18.4. The Balaban J connectivity index is 1.97. The fraction of sp³-hybridized carbons (Fsp3) is 0.389. The normalized spacial score (nSPS) is 11.8. The monoisotopic (exact) mass is 348 g/mol. The third-order valence-corrected chi connectivity index (χ3v) is 4.35. The molecule has 2 rings (SSSR count). The number of halogens is 1. The second-order valence-corrected chi connectivity index (χ2v) is 6.83. The maximum Gasteiger partial charge on any atom is 0.193 e. The van der Waals surface area contributed by atoms with Gasteiger partial charge >= 0.3 is 0 Å². The van der Waals surface area contributed by atoms with Crippen LogP contribution in [0, 0.1) is 5.82 Å². The van der Waals surface area contributed by atoms with Gasteiger partial charge in [-0.1, -0.05) is 6.07 Å². The van der Waals surface area contributed by atoms with Crippen molar-refractivity contribution in [3.8, 4) is 0 Å². The Kier molecular flexibility index (Phi) is 6.75. The quantitative estimate of drug-likeness (QED) is 0.643. The van der Waals surface area contributed by atoms with Gasteiger partial charge in [0.2, 0.25) is 0 Å². The lowest BCUT2D eigenvalue weighted by molar-refractivity contribution is 0.392. The molecule has 130 valence electrons. The summed E-state index contributed by atoms with van der Waals surface area (Å²) >= 11 is 1.69. The number of guanidine groups is 1. The van der Waals surface area contributed by atoms with Gasteiger partial charge in [-0.15, -0.1) is 0 Å². The van der Waals surface area contributed by atoms with E-state index >= 15 is 0 Å². The number of hydrogen-bond acceptors (Lipinski definition) is 3. The SMILES string of the molecule is CN=C(NCc1ccc(F)c(CN(C)C)c1)N(C)Cc1ccsc1. The van der Waals surface area contributed by atoms with Crippen LogP contribution in [0.5, 0.6) is 0 Å². The summed E-state index contributed by atoms with van der Waals surface area (Å²) in [6, 6.07) is 7.37. The van der Waals surface area contributed by atoms with E-state index in [1.54, 1.807) is 18.4 Å². The number of nitrogens with one attached hydrogen (secondary N) is 1. The van der Waals surface area contributed by atoms with E-state index in [1.165, 1.54) is 11.6 Å². The van der Waals surface area contributed by atoms with E-state index in [2.05, 4.69) is 32.0 Å². The minimum Gasteiger partial charge on any atom is -0.352 e. The van der Waals surface area contributed by atoms with E-state index in [0.29, 0.717) is 18.7 Å². The topological polar surface area (TPSA) is 30.9 Å². The molecule has 0 aliphatic carbocycles. The Morgan fingerprint density at radius 1 is 1.17 bits per heavy atom. The molecule has 0 atom stereocenters. The van der Waals surface area contributed by atoms with E-state index in [-0.39, 0.29) is 5.82 Å². The van der Waals surface area contributed by atoms with Crippen molar-refractivity contribution in [3.05, 3.63) is 57.5 Å². The predicted octanol–water partition coefficient (Wildman–Crippen LogP) is 3.16. The Hall–Kier alpha value is -1.92. The number of aliphatic imine (C=N–C) groups is 1. The molecule has 1 aromatic heterocycles. The molecule has 1 heterocycles. The van der Waals surface area contributed by atoms with E-state index in [0.717, 1.165) is 18.1 Å². The molecule has 0 spiro atoms. The fourth-order valence-corrected chi connectivity index (χ4v) is 3.16. The van der Waals surface area contributed by atoms with Gasteiger partial charge in [-0.2, -0.15) is 11.3 Å². The zero-order chi connectivity index (χ0) is 17.5. The molecule has 4 nitrogen and oxygen atoms in total. The first-order valence-electron chi connectivity index (χ1n) is 7.84. The second-order valence-electron chi connectivity index (χ2n) is 6.05. The number of rotatable bonds is 6. The zero-order valence-electron chi connectivity index (χ0n) is 14.7. The highest BCUT2D eigenvalue weighted by atomic mass is 32.1. The van der Waals surface area contributed by atoms with Crippen molar-refractivity contribution in [2.45, 2.75) is 19.6 Å². The van der Waals surface area contributed by atoms with Crippen LogP contribution in [0.2, 0.25) is 0 Å². The van der Waals surface area contributed by atoms with Crippen molar-refractivity contribution < 1.29 is 4.39 Å². The minimum atomic E-state index is -0.161. The van der Waals surface area contributed by atoms with Gasteiger partial charge in [-0.25, -0.2) is 4.39 Å². The lowest BCUT2D eigenvalue weighted by Gasteiger charge is -2.22. The molecular formula is C18H25FN4S. The molecule has 0 saturated heterocycles. The first-order valence-corrected chi connectivity index (χ1v) is 8.78. The molecule has 2 aromatic rings. The van der Waals surface area contributed by atoms with Crippen molar-refractivity contribution in [3.63, 3.8) is 0 Å². The van der Waals surface area contributed by atoms with Crippen LogP contribution in [0.3, 0.4) is 0 Å². The molecule has 6 heteroatoms. The molecule has 0 aliphatic rings. The highest BCUT2D eigenvalue weighted by Crippen LogP contribution is 2.13. The van der Waals surface area contributed by atoms with Gasteiger partial charge in [-0.3, -0.25) is 4.99 Å². The molecule has 0 fully saturated rings. The lowest BCUT2D eigenvalue weighted by atomic mass is 10.1. The average molecular weight is 348 g/mol. The van der Waals surface area contributed by atoms with Gasteiger partial charge < -0.3 is 15.1 Å². The maximum absolute atomic E-state index is 13.9. The van der Waals surface area contributed by atoms with Crippen LogP contribution in [0.15, 0.2) is 40.0 Å². The third-order valence-electron chi connectivity index (χ3n) is 3.62. The van der Waals surface area contributed by atoms with Crippen molar-refractivity contribution >= 4 is 17.3 Å². The van der Waals surface area contributed by atoms with Crippen molar-refractivity contribution in [1.82, 2.24) is 15.1 Å². The fourth-order valence-electron chi connectivity index (χ4n) is 2.50. The van der Waals surface area contributed by atoms with E-state index < -0.39 is 0 Å². The Labute approximate surface area is 147 Å². The summed E-state index contributed by atoms with van der Waals surface area (Å²) in [7, 11) is 7.65. The summed E-state index contributed by atoms with van der Waals surface area (Å²) in [4.78, 5) is 8.36. The van der Waals surface area contributed by atoms with E-state index in [1.807, 2.05) is 38.2 Å². The molecule has 1 aromatic carbocycles. The van der Waals surface area contributed by atoms with Gasteiger partial charge in [0.25, 0.3) is 0 Å². The number of nitrogens with zero attached hydrogens (tertiary/aromatic N) is 3. The minimum absolute atomic E-state index is 0.161. The standard InChI is InChI=1S/C18H25FN4S/c1-20-18(23(4)11-15-7-8-24-13-15)21-10-14-5-6-17(19)16(9-14)12-22(2)3/h5-9,13H,10-12H2,1-4H3,(H,20,21). The van der Waals surface area contributed by atoms with Gasteiger partial charge in [0.1, 0.15) is 5.82 Å². The van der Waals surface area contributed by atoms with Gasteiger partial charge in [-0.05, 0) is 54.2 Å². The van der Waals surface area contributed by atoms with Crippen LogP contribution in [0.25, 0.3) is 0 Å². The van der Waals surface area contributed by atoms with Crippen LogP contribution in [0.1, 0.15) is 16.7 Å². The summed E-state index contributed by atoms with van der Waals surface area (Å²) in [5, 5.41) is 7.55. The molecule has 0 radical (unpaired) electrons. The van der Waals surface area contributed by atoms with Crippen LogP contribution >= 0.6 is 11.3 Å². The molecule has 24 heavy (non-hydrogen) atoms. The molecule has 0 bridgehead atoms. The average Bonchev–Trinajstić information content (AvgIpc) is 3.03. The largest absolute Gasteiger partial charge is 0.352 e. The van der Waals surface area contributed by atoms with Crippen LogP contribution in [-0.4, -0.2) is 44.0 Å². The van der Waals surface area contributed by atoms with Crippen molar-refractivity contribution in [2.75, 3.05) is 28.2 Å². The van der Waals surface area contributed by atoms with Crippen LogP contribution in [-0.2, 0) is 19.6 Å². The highest BCUT2D eigenvalue weighted by molar-refractivity contribution is 7.07. The zero-order valence-corrected chi connectivity index (χ0v) is 15.5. The smallest absolute Gasteiger partial charge is 0.193 e. The predicted molar refractivity (Wildman–Crippen MR) is 99.8 cm³/mol. The maximum atomic E-state index is 13.9. The van der Waals surface area contributed by atoms with Gasteiger partial charge in [0, 0.05) is 39.3 Å². The molecule has 0 amide bonds. The number of hydrogen-bond donors (Lipinski definition) is 1. The Morgan fingerprint density at radius 2 is 1.96 bits per heavy atom. The Morgan fingerprint density at radius 3 is 2.58 bits per heavy atom. The molecular weight excluding hydrogens is 323 g/mol. The number of thiophene rings is 1. The van der Waals surface area contributed by atoms with E-state index in [4.69, 9.17) is 0 Å². The second kappa shape index (κ2) is 8.80. The molecule has 1 N–H and O–H groups in total. The summed E-state index contributed by atoms with van der Waals surface area (Å²) in [6.45, 7) is 2.01. The Bertz CT molecular complexity index is 668. The molecule has 0 saturated carbocycles. The van der Waals surface area contributed by atoms with Crippen LogP contribution in [0.4, 0.5) is 4.39 Å². The van der Waals surface area contributed by atoms with Crippen LogP contribution < -0.4 is 5.32 Å². The molecule has 0 unspecified atom stereocenters. The highest BCUT2D eigenvalue weighted by Gasteiger charge is 2.09. The lowest BCUT2D eigenvalue weighted by Crippen LogP contribution is -2.38. The summed E-state index contributed by atoms with van der Waals surface area (Å²) in [6.07, 6.45) is 0. The van der Waals surface area contributed by atoms with Gasteiger partial charge in [0.15, 0.2) is 5.96 Å². The molecule has 0 aliphatic heterocycles. The summed E-state index contributed by atoms with van der Waals surface area (Å²) in [5.41, 5.74) is 3.01. The van der Waals surface area contributed by atoms with E-state index in [9.17, 15) is 4.39 Å². The first-order chi connectivity index (χ1) is 11.5. The van der Waals surface area contributed by atoms with Gasteiger partial charge in [0.05, 0.1) is 0 Å². The van der Waals surface area contributed by atoms with Crippen molar-refractivity contribution in [2.24, 2.45) is 4.99 Å². The van der Waals surface area contributed by atoms with Crippen molar-refractivity contribution in [1.29, 1.82) is 0 Å². The summed E-state index contributed by atoms with van der Waals surface area (Å²) in [5.74, 6) is 0.658. The number of benzene rings is 1.